The Labute approximate surface area is 180 Å². The van der Waals surface area contributed by atoms with Gasteiger partial charge in [-0.15, -0.1) is 0 Å². The number of nitrogens with one attached hydrogen (secondary N) is 1. The molecule has 0 radical (unpaired) electrons. The fourth-order valence-corrected chi connectivity index (χ4v) is 2.69. The van der Waals surface area contributed by atoms with Gasteiger partial charge in [0, 0.05) is 24.6 Å². The molecule has 1 rings (SSSR count). The summed E-state index contributed by atoms with van der Waals surface area (Å²) in [5.74, 6) is -3.56. The zero-order valence-corrected chi connectivity index (χ0v) is 17.6. The van der Waals surface area contributed by atoms with Gasteiger partial charge in [0.15, 0.2) is 6.10 Å². The van der Waals surface area contributed by atoms with Crippen molar-refractivity contribution in [2.45, 2.75) is 31.9 Å². The van der Waals surface area contributed by atoms with Crippen LogP contribution < -0.4 is 5.32 Å². The van der Waals surface area contributed by atoms with Crippen molar-refractivity contribution in [2.24, 2.45) is 0 Å². The number of allylic oxidation sites excluding steroid dienone is 3. The SMILES string of the molecule is C=C(/C=C(\C)Cl)c1ccc(C[C@H](C[C@@H](O)C(=O)O)NC(=O)C(=O)OCCOC)cc1. The Morgan fingerprint density at radius 2 is 1.87 bits per heavy atom. The maximum Gasteiger partial charge on any atom is 0.396 e. The molecule has 1 aromatic carbocycles. The van der Waals surface area contributed by atoms with E-state index in [1.54, 1.807) is 37.3 Å². The lowest BCUT2D eigenvalue weighted by Crippen LogP contribution is -2.44. The molecule has 1 amide bonds. The first-order valence-corrected chi connectivity index (χ1v) is 9.51. The second-order valence-electron chi connectivity index (χ2n) is 6.55. The second kappa shape index (κ2) is 12.8. The van der Waals surface area contributed by atoms with Crippen molar-refractivity contribution < 1.29 is 34.1 Å². The van der Waals surface area contributed by atoms with E-state index in [9.17, 15) is 19.5 Å². The minimum absolute atomic E-state index is 0.0905. The second-order valence-corrected chi connectivity index (χ2v) is 7.14. The molecular formula is C21H26ClNO7. The highest BCUT2D eigenvalue weighted by atomic mass is 35.5. The molecule has 0 bridgehead atoms. The van der Waals surface area contributed by atoms with E-state index in [2.05, 4.69) is 11.9 Å². The zero-order chi connectivity index (χ0) is 22.7. The van der Waals surface area contributed by atoms with E-state index in [1.807, 2.05) is 0 Å². The molecule has 0 heterocycles. The van der Waals surface area contributed by atoms with Crippen molar-refractivity contribution in [1.29, 1.82) is 0 Å². The highest BCUT2D eigenvalue weighted by Gasteiger charge is 2.25. The number of aliphatic hydroxyl groups excluding tert-OH is 1. The van der Waals surface area contributed by atoms with Gasteiger partial charge in [-0.05, 0) is 36.1 Å². The topological polar surface area (TPSA) is 122 Å². The number of ether oxygens (including phenoxy) is 2. The van der Waals surface area contributed by atoms with Gasteiger partial charge in [0.05, 0.1) is 6.61 Å². The third kappa shape index (κ3) is 9.21. The number of rotatable bonds is 11. The van der Waals surface area contributed by atoms with Gasteiger partial charge in [-0.3, -0.25) is 4.79 Å². The maximum absolute atomic E-state index is 12.0. The highest BCUT2D eigenvalue weighted by molar-refractivity contribution is 6.32. The van der Waals surface area contributed by atoms with E-state index in [0.29, 0.717) is 5.03 Å². The number of carboxylic acids is 1. The number of benzene rings is 1. The van der Waals surface area contributed by atoms with Gasteiger partial charge < -0.3 is 25.0 Å². The number of amides is 1. The first-order valence-electron chi connectivity index (χ1n) is 9.13. The molecule has 2 atom stereocenters. The minimum atomic E-state index is -1.70. The van der Waals surface area contributed by atoms with Crippen molar-refractivity contribution in [1.82, 2.24) is 5.32 Å². The van der Waals surface area contributed by atoms with Crippen molar-refractivity contribution in [3.05, 3.63) is 53.1 Å². The fourth-order valence-electron chi connectivity index (χ4n) is 2.55. The van der Waals surface area contributed by atoms with Crippen LogP contribution in [0.3, 0.4) is 0 Å². The Hall–Kier alpha value is -2.68. The summed E-state index contributed by atoms with van der Waals surface area (Å²) in [5, 5.41) is 21.7. The molecule has 3 N–H and O–H groups in total. The number of aliphatic carboxylic acids is 1. The smallest absolute Gasteiger partial charge is 0.396 e. The van der Waals surface area contributed by atoms with Crippen LogP contribution in [0, 0.1) is 0 Å². The first-order chi connectivity index (χ1) is 14.1. The van der Waals surface area contributed by atoms with E-state index in [-0.39, 0.29) is 26.1 Å². The number of carbonyl (C=O) groups excluding carboxylic acids is 2. The molecule has 0 fully saturated rings. The zero-order valence-electron chi connectivity index (χ0n) is 16.9. The van der Waals surface area contributed by atoms with Gasteiger partial charge in [0.1, 0.15) is 6.61 Å². The van der Waals surface area contributed by atoms with E-state index in [1.165, 1.54) is 7.11 Å². The van der Waals surface area contributed by atoms with Crippen LogP contribution in [0.4, 0.5) is 0 Å². The highest BCUT2D eigenvalue weighted by Crippen LogP contribution is 2.18. The van der Waals surface area contributed by atoms with Crippen molar-refractivity contribution in [3.8, 4) is 0 Å². The van der Waals surface area contributed by atoms with Crippen LogP contribution >= 0.6 is 11.6 Å². The Bertz CT molecular complexity index is 785. The van der Waals surface area contributed by atoms with Gasteiger partial charge in [0.2, 0.25) is 0 Å². The standard InChI is InChI=1S/C21H26ClNO7/c1-13(10-14(2)22)16-6-4-15(5-7-16)11-17(12-18(24)20(26)27)23-19(25)21(28)30-9-8-29-3/h4-7,10,17-18,24H,1,8-9,11-12H2,2-3H3,(H,23,25)(H,26,27)/b14-10+/t17-,18-/m1/s1. The summed E-state index contributed by atoms with van der Waals surface area (Å²) in [7, 11) is 1.42. The van der Waals surface area contributed by atoms with Crippen LogP contribution in [-0.2, 0) is 30.3 Å². The molecule has 0 saturated carbocycles. The lowest BCUT2D eigenvalue weighted by molar-refractivity contribution is -0.156. The van der Waals surface area contributed by atoms with Crippen LogP contribution in [0.1, 0.15) is 24.5 Å². The summed E-state index contributed by atoms with van der Waals surface area (Å²) < 4.78 is 9.47. The lowest BCUT2D eigenvalue weighted by Gasteiger charge is -2.20. The summed E-state index contributed by atoms with van der Waals surface area (Å²) in [6.45, 7) is 5.71. The Morgan fingerprint density at radius 3 is 2.40 bits per heavy atom. The third-order valence-electron chi connectivity index (χ3n) is 4.01. The van der Waals surface area contributed by atoms with Crippen LogP contribution in [0.25, 0.3) is 5.57 Å². The number of carboxylic acid groups (broad SMARTS) is 1. The van der Waals surface area contributed by atoms with Crippen molar-refractivity contribution >= 4 is 35.0 Å². The molecule has 0 aliphatic carbocycles. The summed E-state index contributed by atoms with van der Waals surface area (Å²) in [6, 6.07) is 6.36. The number of aliphatic hydroxyl groups is 1. The number of esters is 1. The predicted molar refractivity (Wildman–Crippen MR) is 112 cm³/mol. The molecule has 30 heavy (non-hydrogen) atoms. The molecule has 0 aliphatic heterocycles. The molecule has 0 aromatic heterocycles. The number of carbonyl (C=O) groups is 3. The molecule has 0 saturated heterocycles. The Morgan fingerprint density at radius 1 is 1.23 bits per heavy atom. The van der Waals surface area contributed by atoms with Gasteiger partial charge >= 0.3 is 17.8 Å². The van der Waals surface area contributed by atoms with E-state index < -0.39 is 30.0 Å². The average Bonchev–Trinajstić information content (AvgIpc) is 2.67. The van der Waals surface area contributed by atoms with E-state index >= 15 is 0 Å². The molecule has 0 unspecified atom stereocenters. The number of hydrogen-bond donors (Lipinski definition) is 3. The minimum Gasteiger partial charge on any atom is -0.479 e. The Balaban J connectivity index is 2.86. The van der Waals surface area contributed by atoms with Crippen LogP contribution in [0.15, 0.2) is 42.0 Å². The van der Waals surface area contributed by atoms with Crippen LogP contribution in [0.5, 0.6) is 0 Å². The van der Waals surface area contributed by atoms with Gasteiger partial charge in [-0.25, -0.2) is 9.59 Å². The molecule has 8 nitrogen and oxygen atoms in total. The van der Waals surface area contributed by atoms with Gasteiger partial charge in [0.25, 0.3) is 0 Å². The van der Waals surface area contributed by atoms with Crippen LogP contribution in [-0.4, -0.2) is 60.5 Å². The summed E-state index contributed by atoms with van der Waals surface area (Å²) in [4.78, 5) is 34.8. The quantitative estimate of drug-likeness (QED) is 0.208. The monoisotopic (exact) mass is 439 g/mol. The van der Waals surface area contributed by atoms with Crippen molar-refractivity contribution in [2.75, 3.05) is 20.3 Å². The third-order valence-corrected chi connectivity index (χ3v) is 4.12. The molecule has 164 valence electrons. The molecule has 9 heteroatoms. The normalized spacial score (nSPS) is 13.3. The largest absolute Gasteiger partial charge is 0.479 e. The molecular weight excluding hydrogens is 414 g/mol. The molecule has 0 spiro atoms. The first kappa shape index (κ1) is 25.4. The maximum atomic E-state index is 12.0. The predicted octanol–water partition coefficient (Wildman–Crippen LogP) is 1.89. The number of halogens is 1. The summed E-state index contributed by atoms with van der Waals surface area (Å²) in [6.07, 6.45) is -0.0678. The average molecular weight is 440 g/mol. The number of hydrogen-bond acceptors (Lipinski definition) is 6. The number of methoxy groups -OCH3 is 1. The van der Waals surface area contributed by atoms with Gasteiger partial charge in [-0.2, -0.15) is 0 Å². The fraction of sp³-hybridized carbons (Fsp3) is 0.381. The van der Waals surface area contributed by atoms with Crippen LogP contribution in [0.2, 0.25) is 0 Å². The Kier molecular flexibility index (Phi) is 10.8. The van der Waals surface area contributed by atoms with Crippen molar-refractivity contribution in [3.63, 3.8) is 0 Å². The molecule has 0 aliphatic rings. The summed E-state index contributed by atoms with van der Waals surface area (Å²) in [5.41, 5.74) is 2.32. The van der Waals surface area contributed by atoms with E-state index in [4.69, 9.17) is 26.2 Å². The summed E-state index contributed by atoms with van der Waals surface area (Å²) >= 11 is 5.85. The molecule has 1 aromatic rings. The van der Waals surface area contributed by atoms with E-state index in [0.717, 1.165) is 16.7 Å². The lowest BCUT2D eigenvalue weighted by atomic mass is 9.98. The van der Waals surface area contributed by atoms with Gasteiger partial charge in [-0.1, -0.05) is 42.4 Å².